The van der Waals surface area contributed by atoms with Crippen LogP contribution in [0.5, 0.6) is 0 Å². The highest BCUT2D eigenvalue weighted by molar-refractivity contribution is 6.48. The van der Waals surface area contributed by atoms with Gasteiger partial charge in [-0.1, -0.05) is 59.3 Å². The van der Waals surface area contributed by atoms with E-state index in [9.17, 15) is 17.6 Å². The highest BCUT2D eigenvalue weighted by Gasteiger charge is 2.59. The van der Waals surface area contributed by atoms with Gasteiger partial charge in [0.2, 0.25) is 7.28 Å². The van der Waals surface area contributed by atoms with Crippen molar-refractivity contribution in [2.24, 2.45) is 11.3 Å². The Kier molecular flexibility index (Phi) is 8.12. The van der Waals surface area contributed by atoms with Crippen molar-refractivity contribution in [1.82, 2.24) is 0 Å². The zero-order chi connectivity index (χ0) is 18.5. The maximum atomic E-state index is 14.0. The minimum Gasteiger partial charge on any atom is -0.211 e. The van der Waals surface area contributed by atoms with Gasteiger partial charge in [-0.05, 0) is 31.6 Å². The van der Waals surface area contributed by atoms with E-state index in [1.54, 1.807) is 6.08 Å². The van der Waals surface area contributed by atoms with E-state index in [2.05, 4.69) is 13.8 Å². The summed E-state index contributed by atoms with van der Waals surface area (Å²) >= 11 is 0. The molecule has 0 N–H and O–H groups in total. The van der Waals surface area contributed by atoms with E-state index < -0.39 is 17.7 Å². The fraction of sp³-hybridized carbons (Fsp3) is 0.778. The monoisotopic (exact) mass is 333 g/mol. The Labute approximate surface area is 139 Å². The van der Waals surface area contributed by atoms with Gasteiger partial charge in [0, 0.05) is 5.92 Å². The van der Waals surface area contributed by atoms with E-state index in [0.717, 1.165) is 12.0 Å². The molecule has 0 aliphatic heterocycles. The van der Waals surface area contributed by atoms with Crippen LogP contribution in [0.3, 0.4) is 0 Å². The Morgan fingerprint density at radius 2 is 1.43 bits per heavy atom. The third-order valence-electron chi connectivity index (χ3n) is 4.90. The Morgan fingerprint density at radius 3 is 1.83 bits per heavy atom. The predicted octanol–water partition coefficient (Wildman–Crippen LogP) is 6.64. The summed E-state index contributed by atoms with van der Waals surface area (Å²) in [4.78, 5) is 0. The van der Waals surface area contributed by atoms with Crippen LogP contribution in [0, 0.1) is 11.3 Å². The summed E-state index contributed by atoms with van der Waals surface area (Å²) in [5.74, 6) is -9.50. The first-order chi connectivity index (χ1) is 10.4. The zero-order valence-electron chi connectivity index (χ0n) is 15.4. The summed E-state index contributed by atoms with van der Waals surface area (Å²) in [6, 6.07) is 0. The molecule has 0 aliphatic rings. The Morgan fingerprint density at radius 1 is 0.957 bits per heavy atom. The van der Waals surface area contributed by atoms with Gasteiger partial charge in [0.1, 0.15) is 0 Å². The first-order valence-corrected chi connectivity index (χ1v) is 8.32. The molecule has 0 aromatic rings. The molecular weight excluding hydrogens is 303 g/mol. The molecule has 0 bridgehead atoms. The predicted molar refractivity (Wildman–Crippen MR) is 91.3 cm³/mol. The second-order valence-corrected chi connectivity index (χ2v) is 6.90. The van der Waals surface area contributed by atoms with Crippen molar-refractivity contribution in [3.05, 3.63) is 23.2 Å². The third kappa shape index (κ3) is 5.68. The van der Waals surface area contributed by atoms with E-state index in [4.69, 9.17) is 0 Å². The highest BCUT2D eigenvalue weighted by atomic mass is 19.3. The molecule has 0 fully saturated rings. The molecule has 1 radical (unpaired) electrons. The summed E-state index contributed by atoms with van der Waals surface area (Å²) in [7, 11) is 0.397. The normalized spacial score (nSPS) is 15.3. The molecule has 0 aromatic heterocycles. The van der Waals surface area contributed by atoms with Gasteiger partial charge in [-0.25, -0.2) is 17.6 Å². The van der Waals surface area contributed by atoms with Gasteiger partial charge in [-0.2, -0.15) is 0 Å². The number of halogens is 4. The van der Waals surface area contributed by atoms with Crippen LogP contribution < -0.4 is 0 Å². The molecule has 0 heterocycles. The summed E-state index contributed by atoms with van der Waals surface area (Å²) in [6.45, 7) is 12.5. The lowest BCUT2D eigenvalue weighted by Crippen LogP contribution is -2.50. The number of hydrogen-bond donors (Lipinski definition) is 0. The molecule has 0 saturated heterocycles. The molecule has 0 atom stereocenters. The van der Waals surface area contributed by atoms with E-state index >= 15 is 0 Å². The van der Waals surface area contributed by atoms with Crippen LogP contribution >= 0.6 is 0 Å². The first-order valence-electron chi connectivity index (χ1n) is 8.32. The third-order valence-corrected chi connectivity index (χ3v) is 4.90. The maximum absolute atomic E-state index is 14.0. The highest BCUT2D eigenvalue weighted by Crippen LogP contribution is 2.43. The summed E-state index contributed by atoms with van der Waals surface area (Å²) in [6.07, 6.45) is 4.19. The average Bonchev–Trinajstić information content (AvgIpc) is 2.44. The number of hydrogen-bond acceptors (Lipinski definition) is 0. The molecule has 0 nitrogen and oxygen atoms in total. The molecule has 0 amide bonds. The van der Waals surface area contributed by atoms with E-state index in [-0.39, 0.29) is 23.7 Å². The second-order valence-electron chi connectivity index (χ2n) is 6.90. The molecule has 133 valence electrons. The van der Waals surface area contributed by atoms with E-state index in [0.29, 0.717) is 7.28 Å². The van der Waals surface area contributed by atoms with Crippen molar-refractivity contribution in [3.63, 3.8) is 0 Å². The Balaban J connectivity index is 5.24. The second kappa shape index (κ2) is 8.39. The van der Waals surface area contributed by atoms with Crippen molar-refractivity contribution in [3.8, 4) is 0 Å². The number of rotatable bonds is 9. The summed E-state index contributed by atoms with van der Waals surface area (Å²) in [5.41, 5.74) is 1.13. The van der Waals surface area contributed by atoms with Gasteiger partial charge in [0.25, 0.3) is 5.82 Å². The molecule has 23 heavy (non-hydrogen) atoms. The van der Waals surface area contributed by atoms with Crippen molar-refractivity contribution >= 4 is 7.28 Å². The van der Waals surface area contributed by atoms with Gasteiger partial charge >= 0.3 is 5.92 Å². The number of alkyl halides is 4. The van der Waals surface area contributed by atoms with Gasteiger partial charge in [-0.15, -0.1) is 5.47 Å². The van der Waals surface area contributed by atoms with Gasteiger partial charge in [0.05, 0.1) is 0 Å². The topological polar surface area (TPSA) is 0 Å². The lowest BCUT2D eigenvalue weighted by Gasteiger charge is -2.32. The van der Waals surface area contributed by atoms with Crippen molar-refractivity contribution in [2.75, 3.05) is 0 Å². The quantitative estimate of drug-likeness (QED) is 0.252. The van der Waals surface area contributed by atoms with Gasteiger partial charge < -0.3 is 0 Å². The average molecular weight is 333 g/mol. The standard InChI is InChI=1S/C18H30BF4/c1-8-15(9-2)17(20,21)18(22,23)19-14(5)12-11-13(4)16(6,7)10-3/h11-12,15H,8-10H2,1-7H3/b13-11+,14-12+. The molecule has 0 saturated carbocycles. The Bertz CT molecular complexity index is 432. The van der Waals surface area contributed by atoms with Gasteiger partial charge in [0.15, 0.2) is 0 Å². The zero-order valence-corrected chi connectivity index (χ0v) is 15.4. The Hall–Kier alpha value is -0.735. The van der Waals surface area contributed by atoms with Crippen LogP contribution in [0.1, 0.15) is 67.7 Å². The largest absolute Gasteiger partial charge is 0.304 e. The minimum atomic E-state index is -4.15. The van der Waals surface area contributed by atoms with Crippen LogP contribution in [-0.2, 0) is 0 Å². The van der Waals surface area contributed by atoms with Crippen molar-refractivity contribution in [2.45, 2.75) is 79.5 Å². The van der Waals surface area contributed by atoms with Crippen LogP contribution in [0.15, 0.2) is 23.2 Å². The fourth-order valence-electron chi connectivity index (χ4n) is 2.26. The van der Waals surface area contributed by atoms with Crippen molar-refractivity contribution < 1.29 is 17.6 Å². The van der Waals surface area contributed by atoms with Crippen LogP contribution in [0.25, 0.3) is 0 Å². The smallest absolute Gasteiger partial charge is 0.211 e. The maximum Gasteiger partial charge on any atom is 0.304 e. The molecule has 5 heteroatoms. The number of allylic oxidation sites excluding steroid dienone is 4. The molecule has 0 rings (SSSR count). The van der Waals surface area contributed by atoms with Crippen molar-refractivity contribution in [1.29, 1.82) is 0 Å². The van der Waals surface area contributed by atoms with E-state index in [1.807, 2.05) is 13.8 Å². The molecule has 0 aromatic carbocycles. The lowest BCUT2D eigenvalue weighted by atomic mass is 9.59. The SMILES string of the molecule is CCC(CC)C(F)(F)C(F)(F)[B]/C(C)=C/C=C(\C)C(C)(C)CC. The van der Waals surface area contributed by atoms with Crippen LogP contribution in [-0.4, -0.2) is 19.0 Å². The van der Waals surface area contributed by atoms with Gasteiger partial charge in [-0.3, -0.25) is 0 Å². The summed E-state index contributed by atoms with van der Waals surface area (Å²) < 4.78 is 56.2. The lowest BCUT2D eigenvalue weighted by molar-refractivity contribution is -0.193. The molecule has 0 aliphatic carbocycles. The summed E-state index contributed by atoms with van der Waals surface area (Å²) in [5, 5.41) is 0. The minimum absolute atomic E-state index is 0.0272. The molecule has 0 unspecified atom stereocenters. The molecular formula is C18H30BF4. The van der Waals surface area contributed by atoms with Crippen LogP contribution in [0.4, 0.5) is 17.6 Å². The fourth-order valence-corrected chi connectivity index (χ4v) is 2.26. The first kappa shape index (κ1) is 22.3. The van der Waals surface area contributed by atoms with Crippen LogP contribution in [0.2, 0.25) is 0 Å². The van der Waals surface area contributed by atoms with E-state index in [1.165, 1.54) is 26.8 Å². The molecule has 0 spiro atoms.